The van der Waals surface area contributed by atoms with E-state index in [2.05, 4.69) is 44.1 Å². The Balaban J connectivity index is 1.53. The molecular weight excluding hydrogens is 410 g/mol. The van der Waals surface area contributed by atoms with Crippen LogP contribution in [0.5, 0.6) is 0 Å². The van der Waals surface area contributed by atoms with Gasteiger partial charge in [0.1, 0.15) is 0 Å². The molecule has 1 aromatic rings. The smallest absolute Gasteiger partial charge is 0.321 e. The van der Waals surface area contributed by atoms with Gasteiger partial charge in [-0.05, 0) is 102 Å². The molecule has 0 aliphatic heterocycles. The highest BCUT2D eigenvalue weighted by Gasteiger charge is 2.27. The molecule has 0 bridgehead atoms. The molecule has 2 amide bonds. The third-order valence-corrected chi connectivity index (χ3v) is 7.20. The van der Waals surface area contributed by atoms with Gasteiger partial charge < -0.3 is 19.9 Å². The highest BCUT2D eigenvalue weighted by atomic mass is 16.5. The van der Waals surface area contributed by atoms with Crippen LogP contribution in [0.3, 0.4) is 0 Å². The molecule has 1 saturated carbocycles. The number of carbonyl (C=O) groups excluding carboxylic acids is 1. The summed E-state index contributed by atoms with van der Waals surface area (Å²) in [5, 5.41) is 3.05. The number of anilines is 1. The van der Waals surface area contributed by atoms with Gasteiger partial charge in [-0.2, -0.15) is 0 Å². The van der Waals surface area contributed by atoms with E-state index in [-0.39, 0.29) is 6.03 Å². The van der Waals surface area contributed by atoms with Crippen LogP contribution in [0.4, 0.5) is 10.5 Å². The van der Waals surface area contributed by atoms with Crippen molar-refractivity contribution in [3.05, 3.63) is 29.3 Å². The van der Waals surface area contributed by atoms with E-state index in [1.165, 1.54) is 62.7 Å². The SMILES string of the molecule is CCCCCN(C)CCCCCCOC1CCC(N(C)C(=O)Nc2ccc(C)c(C)c2)CC1. The van der Waals surface area contributed by atoms with Crippen molar-refractivity contribution in [2.75, 3.05) is 39.1 Å². The number of nitrogens with one attached hydrogen (secondary N) is 1. The molecule has 0 heterocycles. The second-order valence-electron chi connectivity index (χ2n) is 10.1. The summed E-state index contributed by atoms with van der Waals surface area (Å²) in [7, 11) is 4.17. The van der Waals surface area contributed by atoms with Crippen molar-refractivity contribution in [2.45, 2.75) is 104 Å². The summed E-state index contributed by atoms with van der Waals surface area (Å²) in [5.74, 6) is 0. The minimum Gasteiger partial charge on any atom is -0.378 e. The lowest BCUT2D eigenvalue weighted by molar-refractivity contribution is 0.0130. The Labute approximate surface area is 203 Å². The van der Waals surface area contributed by atoms with Crippen LogP contribution in [0.2, 0.25) is 0 Å². The number of amides is 2. The second kappa shape index (κ2) is 15.3. The van der Waals surface area contributed by atoms with E-state index < -0.39 is 0 Å². The van der Waals surface area contributed by atoms with E-state index >= 15 is 0 Å². The van der Waals surface area contributed by atoms with Gasteiger partial charge in [-0.15, -0.1) is 0 Å². The molecular formula is C28H49N3O2. The lowest BCUT2D eigenvalue weighted by atomic mass is 9.92. The van der Waals surface area contributed by atoms with Gasteiger partial charge in [-0.25, -0.2) is 4.79 Å². The molecule has 1 aromatic carbocycles. The Morgan fingerprint density at radius 1 is 0.939 bits per heavy atom. The molecule has 1 aliphatic rings. The number of nitrogens with zero attached hydrogens (tertiary/aromatic N) is 2. The van der Waals surface area contributed by atoms with Gasteiger partial charge in [0.2, 0.25) is 0 Å². The maximum Gasteiger partial charge on any atom is 0.321 e. The molecule has 0 saturated heterocycles. The zero-order chi connectivity index (χ0) is 24.1. The average Bonchev–Trinajstić information content (AvgIpc) is 2.81. The van der Waals surface area contributed by atoms with Crippen LogP contribution in [-0.4, -0.2) is 61.8 Å². The molecule has 1 aliphatic carbocycles. The highest BCUT2D eigenvalue weighted by Crippen LogP contribution is 2.25. The zero-order valence-electron chi connectivity index (χ0n) is 22.0. The van der Waals surface area contributed by atoms with Gasteiger partial charge in [0.15, 0.2) is 0 Å². The number of rotatable bonds is 14. The number of benzene rings is 1. The largest absolute Gasteiger partial charge is 0.378 e. The van der Waals surface area contributed by atoms with Crippen molar-refractivity contribution in [2.24, 2.45) is 0 Å². The first-order chi connectivity index (χ1) is 15.9. The summed E-state index contributed by atoms with van der Waals surface area (Å²) in [5.41, 5.74) is 3.31. The van der Waals surface area contributed by atoms with Crippen LogP contribution in [-0.2, 0) is 4.74 Å². The van der Waals surface area contributed by atoms with Gasteiger partial charge in [0.05, 0.1) is 6.10 Å². The van der Waals surface area contributed by atoms with E-state index in [0.29, 0.717) is 12.1 Å². The molecule has 5 nitrogen and oxygen atoms in total. The van der Waals surface area contributed by atoms with Crippen molar-refractivity contribution in [3.63, 3.8) is 0 Å². The minimum absolute atomic E-state index is 0.0152. The molecule has 0 radical (unpaired) electrons. The van der Waals surface area contributed by atoms with Crippen molar-refractivity contribution < 1.29 is 9.53 Å². The molecule has 0 aromatic heterocycles. The Morgan fingerprint density at radius 2 is 1.61 bits per heavy atom. The molecule has 1 fully saturated rings. The number of urea groups is 1. The molecule has 0 unspecified atom stereocenters. The predicted molar refractivity (Wildman–Crippen MR) is 140 cm³/mol. The normalized spacial score (nSPS) is 18.5. The second-order valence-corrected chi connectivity index (χ2v) is 10.1. The molecule has 1 N–H and O–H groups in total. The van der Waals surface area contributed by atoms with E-state index in [0.717, 1.165) is 44.4 Å². The Hall–Kier alpha value is -1.59. The fraction of sp³-hybridized carbons (Fsp3) is 0.750. The van der Waals surface area contributed by atoms with Gasteiger partial charge in [0.25, 0.3) is 0 Å². The van der Waals surface area contributed by atoms with E-state index in [1.54, 1.807) is 0 Å². The van der Waals surface area contributed by atoms with Crippen molar-refractivity contribution in [1.82, 2.24) is 9.80 Å². The Kier molecular flexibility index (Phi) is 12.9. The number of hydrogen-bond acceptors (Lipinski definition) is 3. The van der Waals surface area contributed by atoms with Crippen LogP contribution >= 0.6 is 0 Å². The predicted octanol–water partition coefficient (Wildman–Crippen LogP) is 6.78. The van der Waals surface area contributed by atoms with Gasteiger partial charge in [0, 0.05) is 25.4 Å². The Morgan fingerprint density at radius 3 is 2.27 bits per heavy atom. The van der Waals surface area contributed by atoms with E-state index in [1.807, 2.05) is 24.1 Å². The molecule has 33 heavy (non-hydrogen) atoms. The van der Waals surface area contributed by atoms with Crippen molar-refractivity contribution >= 4 is 11.7 Å². The van der Waals surface area contributed by atoms with Crippen LogP contribution < -0.4 is 5.32 Å². The number of ether oxygens (including phenoxy) is 1. The minimum atomic E-state index is -0.0152. The number of hydrogen-bond donors (Lipinski definition) is 1. The molecule has 0 atom stereocenters. The average molecular weight is 460 g/mol. The fourth-order valence-electron chi connectivity index (χ4n) is 4.63. The highest BCUT2D eigenvalue weighted by molar-refractivity contribution is 5.89. The van der Waals surface area contributed by atoms with Crippen molar-refractivity contribution in [3.8, 4) is 0 Å². The molecule has 188 valence electrons. The summed E-state index contributed by atoms with van der Waals surface area (Å²) in [6, 6.07) is 6.35. The summed E-state index contributed by atoms with van der Waals surface area (Å²) in [6.07, 6.45) is 13.5. The number of unbranched alkanes of at least 4 members (excludes halogenated alkanes) is 5. The lowest BCUT2D eigenvalue weighted by Gasteiger charge is -2.34. The summed E-state index contributed by atoms with van der Waals surface area (Å²) in [4.78, 5) is 17.0. The van der Waals surface area contributed by atoms with Gasteiger partial charge >= 0.3 is 6.03 Å². The third-order valence-electron chi connectivity index (χ3n) is 7.20. The maximum absolute atomic E-state index is 12.7. The zero-order valence-corrected chi connectivity index (χ0v) is 22.0. The van der Waals surface area contributed by atoms with Gasteiger partial charge in [-0.3, -0.25) is 0 Å². The summed E-state index contributed by atoms with van der Waals surface area (Å²) in [6.45, 7) is 9.76. The molecule has 0 spiro atoms. The number of aryl methyl sites for hydroxylation is 2. The maximum atomic E-state index is 12.7. The van der Waals surface area contributed by atoms with Crippen LogP contribution in [0.25, 0.3) is 0 Å². The lowest BCUT2D eigenvalue weighted by Crippen LogP contribution is -2.42. The van der Waals surface area contributed by atoms with E-state index in [4.69, 9.17) is 4.74 Å². The fourth-order valence-corrected chi connectivity index (χ4v) is 4.63. The summed E-state index contributed by atoms with van der Waals surface area (Å²) >= 11 is 0. The van der Waals surface area contributed by atoms with Crippen molar-refractivity contribution in [1.29, 1.82) is 0 Å². The molecule has 2 rings (SSSR count). The quantitative estimate of drug-likeness (QED) is 0.312. The third kappa shape index (κ3) is 10.5. The first kappa shape index (κ1) is 27.7. The topological polar surface area (TPSA) is 44.8 Å². The van der Waals surface area contributed by atoms with Crippen LogP contribution in [0, 0.1) is 13.8 Å². The standard InChI is InChI=1S/C28H49N3O2/c1-6-7-10-19-30(4)20-11-8-9-12-21-33-27-17-15-26(16-18-27)31(5)28(32)29-25-14-13-23(2)24(3)22-25/h13-14,22,26-27H,6-12,15-21H2,1-5H3,(H,29,32). The Bertz CT molecular complexity index is 686. The monoisotopic (exact) mass is 459 g/mol. The van der Waals surface area contributed by atoms with E-state index in [9.17, 15) is 4.79 Å². The van der Waals surface area contributed by atoms with Crippen LogP contribution in [0.15, 0.2) is 18.2 Å². The first-order valence-electron chi connectivity index (χ1n) is 13.3. The number of carbonyl (C=O) groups is 1. The van der Waals surface area contributed by atoms with Crippen LogP contribution in [0.1, 0.15) is 88.7 Å². The summed E-state index contributed by atoms with van der Waals surface area (Å²) < 4.78 is 6.16. The molecule has 5 heteroatoms. The van der Waals surface area contributed by atoms with Gasteiger partial charge in [-0.1, -0.05) is 38.7 Å². The first-order valence-corrected chi connectivity index (χ1v) is 13.3.